The van der Waals surface area contributed by atoms with Crippen molar-refractivity contribution in [3.63, 3.8) is 0 Å². The molecule has 3 aromatic rings. The smallest absolute Gasteiger partial charge is 0.371 e. The molecule has 0 aromatic carbocycles. The van der Waals surface area contributed by atoms with E-state index in [0.29, 0.717) is 0 Å². The van der Waals surface area contributed by atoms with Crippen molar-refractivity contribution >= 4 is 50.0 Å². The SMILES string of the molecule is CC[C@@H](Nc1[nH]o[n+](=O)c1Nc1csc(S(=O)(=O)N(CC)CC)c1O)c1ccc(C)s1. The Morgan fingerprint density at radius 3 is 2.58 bits per heavy atom. The Labute approximate surface area is 188 Å². The molecule has 0 amide bonds. The summed E-state index contributed by atoms with van der Waals surface area (Å²) in [6.45, 7) is 8.05. The predicted molar refractivity (Wildman–Crippen MR) is 122 cm³/mol. The molecular weight excluding hydrogens is 462 g/mol. The van der Waals surface area contributed by atoms with E-state index in [9.17, 15) is 18.4 Å². The van der Waals surface area contributed by atoms with Gasteiger partial charge >= 0.3 is 5.82 Å². The van der Waals surface area contributed by atoms with Gasteiger partial charge in [-0.2, -0.15) is 4.31 Å². The second-order valence-electron chi connectivity index (χ2n) is 6.73. The predicted octanol–water partition coefficient (Wildman–Crippen LogP) is 4.00. The van der Waals surface area contributed by atoms with Crippen LogP contribution < -0.4 is 15.2 Å². The molecular formula is C18H26N5O5S3+. The van der Waals surface area contributed by atoms with E-state index in [1.165, 1.54) is 14.6 Å². The van der Waals surface area contributed by atoms with Crippen molar-refractivity contribution in [1.82, 2.24) is 9.46 Å². The van der Waals surface area contributed by atoms with E-state index < -0.39 is 15.8 Å². The zero-order valence-corrected chi connectivity index (χ0v) is 20.1. The number of nitrogens with one attached hydrogen (secondary N) is 3. The van der Waals surface area contributed by atoms with Gasteiger partial charge in [0.25, 0.3) is 15.8 Å². The minimum atomic E-state index is -3.84. The third kappa shape index (κ3) is 4.63. The summed E-state index contributed by atoms with van der Waals surface area (Å²) in [6.07, 6.45) is 0.757. The first-order valence-corrected chi connectivity index (χ1v) is 12.9. The molecule has 0 spiro atoms. The van der Waals surface area contributed by atoms with Crippen molar-refractivity contribution in [2.75, 3.05) is 23.7 Å². The Kier molecular flexibility index (Phi) is 7.09. The highest BCUT2D eigenvalue weighted by Gasteiger charge is 2.31. The van der Waals surface area contributed by atoms with Gasteiger partial charge in [0.15, 0.2) is 20.2 Å². The van der Waals surface area contributed by atoms with E-state index >= 15 is 0 Å². The van der Waals surface area contributed by atoms with Crippen LogP contribution in [-0.2, 0) is 10.0 Å². The normalized spacial score (nSPS) is 12.9. The van der Waals surface area contributed by atoms with Gasteiger partial charge in [-0.1, -0.05) is 25.9 Å². The van der Waals surface area contributed by atoms with Crippen LogP contribution in [0.15, 0.2) is 26.4 Å². The molecule has 0 saturated heterocycles. The van der Waals surface area contributed by atoms with Crippen LogP contribution in [-0.4, -0.2) is 36.1 Å². The molecule has 13 heteroatoms. The molecule has 3 rings (SSSR count). The molecule has 0 aliphatic heterocycles. The summed E-state index contributed by atoms with van der Waals surface area (Å²) in [5.74, 6) is -0.178. The first-order chi connectivity index (χ1) is 14.7. The van der Waals surface area contributed by atoms with E-state index in [2.05, 4.69) is 15.8 Å². The number of rotatable bonds is 10. The van der Waals surface area contributed by atoms with Gasteiger partial charge in [-0.3, -0.25) is 5.32 Å². The van der Waals surface area contributed by atoms with Crippen molar-refractivity contribution in [3.8, 4) is 5.75 Å². The second-order valence-corrected chi connectivity index (χ2v) is 11.1. The summed E-state index contributed by atoms with van der Waals surface area (Å²) in [7, 11) is -3.84. The van der Waals surface area contributed by atoms with Gasteiger partial charge < -0.3 is 10.4 Å². The highest BCUT2D eigenvalue weighted by Crippen LogP contribution is 2.41. The van der Waals surface area contributed by atoms with Crippen molar-refractivity contribution in [2.45, 2.75) is 44.4 Å². The van der Waals surface area contributed by atoms with E-state index in [-0.39, 0.29) is 45.3 Å². The van der Waals surface area contributed by atoms with Gasteiger partial charge in [-0.25, -0.2) is 8.42 Å². The molecule has 3 heterocycles. The number of hydrogen-bond acceptors (Lipinski definition) is 9. The van der Waals surface area contributed by atoms with Crippen molar-refractivity contribution in [3.05, 3.63) is 32.2 Å². The van der Waals surface area contributed by atoms with Crippen LogP contribution in [0.2, 0.25) is 0 Å². The molecule has 10 nitrogen and oxygen atoms in total. The molecule has 0 aliphatic carbocycles. The van der Waals surface area contributed by atoms with Crippen LogP contribution >= 0.6 is 22.7 Å². The summed E-state index contributed by atoms with van der Waals surface area (Å²) in [5.41, 5.74) is 0.0956. The lowest BCUT2D eigenvalue weighted by Gasteiger charge is -2.17. The third-order valence-electron chi connectivity index (χ3n) is 4.75. The quantitative estimate of drug-likeness (QED) is 0.339. The topological polar surface area (TPSA) is 134 Å². The van der Waals surface area contributed by atoms with Gasteiger partial charge in [0.2, 0.25) is 0 Å². The molecule has 0 saturated carbocycles. The lowest BCUT2D eigenvalue weighted by molar-refractivity contribution is -0.701. The lowest BCUT2D eigenvalue weighted by Crippen LogP contribution is -2.30. The zero-order valence-electron chi connectivity index (χ0n) is 17.6. The maximum atomic E-state index is 12.8. The summed E-state index contributed by atoms with van der Waals surface area (Å²) < 4.78 is 31.7. The number of aromatic amines is 1. The van der Waals surface area contributed by atoms with Gasteiger partial charge in [-0.15, -0.1) is 27.3 Å². The lowest BCUT2D eigenvalue weighted by atomic mass is 10.2. The van der Waals surface area contributed by atoms with Crippen LogP contribution in [0.3, 0.4) is 0 Å². The fraction of sp³-hybridized carbons (Fsp3) is 0.444. The maximum Gasteiger partial charge on any atom is 0.371 e. The minimum absolute atomic E-state index is 0.0217. The molecule has 0 radical (unpaired) electrons. The van der Waals surface area contributed by atoms with Crippen molar-refractivity contribution in [2.24, 2.45) is 0 Å². The molecule has 0 unspecified atom stereocenters. The van der Waals surface area contributed by atoms with Crippen LogP contribution in [0.4, 0.5) is 17.3 Å². The molecule has 0 bridgehead atoms. The second kappa shape index (κ2) is 9.42. The first kappa shape index (κ1) is 23.3. The van der Waals surface area contributed by atoms with Crippen LogP contribution in [0, 0.1) is 11.8 Å². The number of thiophene rings is 2. The highest BCUT2D eigenvalue weighted by atomic mass is 32.2. The molecule has 170 valence electrons. The Bertz CT molecular complexity index is 1190. The zero-order chi connectivity index (χ0) is 22.8. The standard InChI is InChI=1S/C18H25N5O5S3/c1-5-12(14-9-8-11(4)30-14)19-16-17(23(25)28-21-16)20-13-10-29-18(15(13)24)31(26,27)22(6-2)7-3/h8-10,12,20H,5-7H2,1-4H3,(H2-,19,21,24,25)/p+1/t12-/m1/s1. The minimum Gasteiger partial charge on any atom is -0.503 e. The van der Waals surface area contributed by atoms with Gasteiger partial charge in [0.1, 0.15) is 0 Å². The number of sulfonamides is 1. The summed E-state index contributed by atoms with van der Waals surface area (Å²) >= 11 is 2.53. The van der Waals surface area contributed by atoms with Crippen LogP contribution in [0.25, 0.3) is 0 Å². The average molecular weight is 489 g/mol. The largest absolute Gasteiger partial charge is 0.503 e. The highest BCUT2D eigenvalue weighted by molar-refractivity contribution is 7.91. The van der Waals surface area contributed by atoms with Gasteiger partial charge in [0.05, 0.1) is 6.04 Å². The number of aryl methyl sites for hydroxylation is 1. The Hall–Kier alpha value is -2.35. The maximum absolute atomic E-state index is 12.8. The molecule has 31 heavy (non-hydrogen) atoms. The molecule has 0 fully saturated rings. The first-order valence-electron chi connectivity index (χ1n) is 9.77. The third-order valence-corrected chi connectivity index (χ3v) is 9.40. The Balaban J connectivity index is 1.89. The van der Waals surface area contributed by atoms with E-state index in [1.54, 1.807) is 25.2 Å². The van der Waals surface area contributed by atoms with E-state index in [0.717, 1.165) is 22.6 Å². The van der Waals surface area contributed by atoms with E-state index in [4.69, 9.17) is 4.63 Å². The number of nitrogens with zero attached hydrogens (tertiary/aromatic N) is 2. The number of hydrogen-bond donors (Lipinski definition) is 4. The average Bonchev–Trinajstić information content (AvgIpc) is 3.42. The Morgan fingerprint density at radius 1 is 1.29 bits per heavy atom. The fourth-order valence-electron chi connectivity index (χ4n) is 3.08. The molecule has 0 aliphatic rings. The van der Waals surface area contributed by atoms with E-state index in [1.807, 2.05) is 26.0 Å². The summed E-state index contributed by atoms with van der Waals surface area (Å²) in [5, 5.41) is 20.6. The monoisotopic (exact) mass is 488 g/mol. The number of H-pyrrole nitrogens is 1. The molecule has 1 atom stereocenters. The summed E-state index contributed by atoms with van der Waals surface area (Å²) in [4.78, 5) is 14.5. The van der Waals surface area contributed by atoms with Gasteiger partial charge in [0, 0.05) is 28.2 Å². The number of aromatic nitrogens is 2. The van der Waals surface area contributed by atoms with Crippen molar-refractivity contribution in [1.29, 1.82) is 0 Å². The number of anilines is 3. The van der Waals surface area contributed by atoms with Gasteiger partial charge in [-0.05, 0) is 30.4 Å². The Morgan fingerprint density at radius 2 is 2.00 bits per heavy atom. The number of aromatic hydroxyl groups is 1. The van der Waals surface area contributed by atoms with Crippen LogP contribution in [0.5, 0.6) is 5.75 Å². The molecule has 4 N–H and O–H groups in total. The summed E-state index contributed by atoms with van der Waals surface area (Å²) in [6, 6.07) is 3.98. The van der Waals surface area contributed by atoms with Crippen molar-refractivity contribution < 1.29 is 22.8 Å². The fourth-order valence-corrected chi connectivity index (χ4v) is 6.93. The molecule has 3 aromatic heterocycles. The van der Waals surface area contributed by atoms with Crippen LogP contribution in [0.1, 0.15) is 43.0 Å².